The van der Waals surface area contributed by atoms with Crippen molar-refractivity contribution < 1.29 is 23.1 Å². The number of aliphatic hydroxyl groups excluding tert-OH is 1. The van der Waals surface area contributed by atoms with Gasteiger partial charge in [-0.15, -0.1) is 11.3 Å². The maximum Gasteiger partial charge on any atom is 0.416 e. The molecule has 0 spiro atoms. The Morgan fingerprint density at radius 2 is 2.09 bits per heavy atom. The number of likely N-dealkylation sites (N-methyl/N-ethyl adjacent to an activating group) is 1. The highest BCUT2D eigenvalue weighted by Gasteiger charge is 2.39. The molecular formula is C15H15F3N2O2S. The van der Waals surface area contributed by atoms with E-state index in [2.05, 4.69) is 5.32 Å². The number of hydrogen-bond acceptors (Lipinski definition) is 3. The summed E-state index contributed by atoms with van der Waals surface area (Å²) in [6.07, 6.45) is -7.33. The largest absolute Gasteiger partial charge is 0.416 e. The van der Waals surface area contributed by atoms with E-state index in [9.17, 15) is 18.0 Å². The van der Waals surface area contributed by atoms with E-state index in [1.165, 1.54) is 18.4 Å². The van der Waals surface area contributed by atoms with Crippen LogP contribution in [0.1, 0.15) is 0 Å². The van der Waals surface area contributed by atoms with Crippen LogP contribution in [0.5, 0.6) is 0 Å². The van der Waals surface area contributed by atoms with E-state index in [1.54, 1.807) is 18.2 Å². The monoisotopic (exact) mass is 344 g/mol. The number of carbonyl (C=O) groups is 1. The standard InChI is InChI=1S/C15H15F3N2O2S/c1-20(9-13(21)15(16,17)18)14(22)19-11-5-2-4-10(8-11)12-6-3-7-23-12/h2-8,13,21H,9H2,1H3,(H,19,22). The number of nitrogens with zero attached hydrogens (tertiary/aromatic N) is 1. The van der Waals surface area contributed by atoms with Crippen LogP contribution in [-0.2, 0) is 0 Å². The van der Waals surface area contributed by atoms with Crippen LogP contribution < -0.4 is 5.32 Å². The molecule has 2 amide bonds. The third kappa shape index (κ3) is 4.70. The van der Waals surface area contributed by atoms with Crippen molar-refractivity contribution in [2.24, 2.45) is 0 Å². The number of urea groups is 1. The highest BCUT2D eigenvalue weighted by molar-refractivity contribution is 7.13. The van der Waals surface area contributed by atoms with Crippen molar-refractivity contribution in [2.45, 2.75) is 12.3 Å². The Morgan fingerprint density at radius 3 is 2.70 bits per heavy atom. The average Bonchev–Trinajstić information content (AvgIpc) is 3.00. The van der Waals surface area contributed by atoms with Crippen LogP contribution in [0.4, 0.5) is 23.7 Å². The molecule has 0 aliphatic heterocycles. The number of hydrogen-bond donors (Lipinski definition) is 2. The fourth-order valence-corrected chi connectivity index (χ4v) is 2.58. The van der Waals surface area contributed by atoms with Gasteiger partial charge in [-0.05, 0) is 29.1 Å². The van der Waals surface area contributed by atoms with Crippen molar-refractivity contribution in [3.63, 3.8) is 0 Å². The SMILES string of the molecule is CN(CC(O)C(F)(F)F)C(=O)Nc1cccc(-c2cccs2)c1. The smallest absolute Gasteiger partial charge is 0.382 e. The molecule has 1 atom stereocenters. The molecule has 1 aromatic carbocycles. The molecule has 0 saturated carbocycles. The van der Waals surface area contributed by atoms with Gasteiger partial charge in [0.2, 0.25) is 0 Å². The lowest BCUT2D eigenvalue weighted by Crippen LogP contribution is -2.43. The lowest BCUT2D eigenvalue weighted by atomic mass is 10.1. The van der Waals surface area contributed by atoms with E-state index >= 15 is 0 Å². The van der Waals surface area contributed by atoms with Gasteiger partial charge in [-0.25, -0.2) is 4.79 Å². The molecule has 0 aliphatic rings. The van der Waals surface area contributed by atoms with E-state index in [0.717, 1.165) is 15.3 Å². The van der Waals surface area contributed by atoms with Crippen LogP contribution in [0.25, 0.3) is 10.4 Å². The van der Waals surface area contributed by atoms with Gasteiger partial charge >= 0.3 is 12.2 Å². The van der Waals surface area contributed by atoms with Crippen molar-refractivity contribution in [3.8, 4) is 10.4 Å². The van der Waals surface area contributed by atoms with Crippen molar-refractivity contribution in [3.05, 3.63) is 41.8 Å². The molecule has 2 rings (SSSR count). The van der Waals surface area contributed by atoms with Crippen molar-refractivity contribution in [1.82, 2.24) is 4.90 Å². The van der Waals surface area contributed by atoms with E-state index in [4.69, 9.17) is 5.11 Å². The van der Waals surface area contributed by atoms with Crippen LogP contribution >= 0.6 is 11.3 Å². The fourth-order valence-electron chi connectivity index (χ4n) is 1.86. The zero-order chi connectivity index (χ0) is 17.0. The first kappa shape index (κ1) is 17.3. The fraction of sp³-hybridized carbons (Fsp3) is 0.267. The molecule has 4 nitrogen and oxygen atoms in total. The second kappa shape index (κ2) is 7.01. The minimum Gasteiger partial charge on any atom is -0.382 e. The first-order valence-corrected chi connectivity index (χ1v) is 7.56. The molecule has 0 bridgehead atoms. The number of benzene rings is 1. The van der Waals surface area contributed by atoms with E-state index in [-0.39, 0.29) is 0 Å². The van der Waals surface area contributed by atoms with Gasteiger partial charge in [-0.3, -0.25) is 0 Å². The number of alkyl halides is 3. The minimum absolute atomic E-state index is 0.467. The number of nitrogens with one attached hydrogen (secondary N) is 1. The Hall–Kier alpha value is -2.06. The van der Waals surface area contributed by atoms with Crippen molar-refractivity contribution >= 4 is 23.1 Å². The van der Waals surface area contributed by atoms with Gasteiger partial charge in [0.1, 0.15) is 0 Å². The number of amides is 2. The molecule has 0 saturated heterocycles. The average molecular weight is 344 g/mol. The molecular weight excluding hydrogens is 329 g/mol. The first-order chi connectivity index (χ1) is 10.8. The molecule has 1 unspecified atom stereocenters. The number of anilines is 1. The summed E-state index contributed by atoms with van der Waals surface area (Å²) in [5.74, 6) is 0. The summed E-state index contributed by atoms with van der Waals surface area (Å²) in [6.45, 7) is -0.833. The van der Waals surface area contributed by atoms with Gasteiger partial charge in [0, 0.05) is 17.6 Å². The molecule has 2 aromatic rings. The zero-order valence-electron chi connectivity index (χ0n) is 12.2. The Bertz CT molecular complexity index is 659. The van der Waals surface area contributed by atoms with Gasteiger partial charge in [0.25, 0.3) is 0 Å². The zero-order valence-corrected chi connectivity index (χ0v) is 13.0. The normalized spacial score (nSPS) is 12.7. The van der Waals surface area contributed by atoms with Crippen LogP contribution in [0.15, 0.2) is 41.8 Å². The van der Waals surface area contributed by atoms with Crippen LogP contribution in [-0.4, -0.2) is 41.9 Å². The Kier molecular flexibility index (Phi) is 5.27. The summed E-state index contributed by atoms with van der Waals surface area (Å²) < 4.78 is 36.9. The predicted molar refractivity (Wildman–Crippen MR) is 83.5 cm³/mol. The summed E-state index contributed by atoms with van der Waals surface area (Å²) in [5, 5.41) is 13.4. The number of thiophene rings is 1. The molecule has 0 fully saturated rings. The molecule has 0 radical (unpaired) electrons. The highest BCUT2D eigenvalue weighted by atomic mass is 32.1. The molecule has 2 N–H and O–H groups in total. The number of rotatable bonds is 4. The third-order valence-corrected chi connectivity index (χ3v) is 4.01. The maximum atomic E-state index is 12.3. The number of aliphatic hydroxyl groups is 1. The van der Waals surface area contributed by atoms with Crippen LogP contribution in [0.3, 0.4) is 0 Å². The second-order valence-electron chi connectivity index (χ2n) is 4.93. The lowest BCUT2D eigenvalue weighted by molar-refractivity contribution is -0.205. The third-order valence-electron chi connectivity index (χ3n) is 3.09. The van der Waals surface area contributed by atoms with Crippen molar-refractivity contribution in [1.29, 1.82) is 0 Å². The molecule has 124 valence electrons. The minimum atomic E-state index is -4.76. The molecule has 8 heteroatoms. The molecule has 23 heavy (non-hydrogen) atoms. The van der Waals surface area contributed by atoms with E-state index in [0.29, 0.717) is 5.69 Å². The second-order valence-corrected chi connectivity index (χ2v) is 5.87. The topological polar surface area (TPSA) is 52.6 Å². The Labute approximate surface area is 135 Å². The van der Waals surface area contributed by atoms with Gasteiger partial charge in [-0.2, -0.15) is 13.2 Å². The Morgan fingerprint density at radius 1 is 1.35 bits per heavy atom. The van der Waals surface area contributed by atoms with E-state index < -0.39 is 24.9 Å². The predicted octanol–water partition coefficient (Wildman–Crippen LogP) is 3.80. The highest BCUT2D eigenvalue weighted by Crippen LogP contribution is 2.27. The van der Waals surface area contributed by atoms with E-state index in [1.807, 2.05) is 23.6 Å². The summed E-state index contributed by atoms with van der Waals surface area (Å²) >= 11 is 1.54. The van der Waals surface area contributed by atoms with Crippen molar-refractivity contribution in [2.75, 3.05) is 18.9 Å². The number of carbonyl (C=O) groups excluding carboxylic acids is 1. The van der Waals surface area contributed by atoms with Gasteiger partial charge in [0.15, 0.2) is 6.10 Å². The summed E-state index contributed by atoms with van der Waals surface area (Å²) in [4.78, 5) is 13.7. The summed E-state index contributed by atoms with van der Waals surface area (Å²) in [7, 11) is 1.19. The molecule has 1 aromatic heterocycles. The van der Waals surface area contributed by atoms with Gasteiger partial charge < -0.3 is 15.3 Å². The molecule has 0 aliphatic carbocycles. The van der Waals surface area contributed by atoms with Gasteiger partial charge in [-0.1, -0.05) is 18.2 Å². The summed E-state index contributed by atoms with van der Waals surface area (Å²) in [6, 6.07) is 10.1. The van der Waals surface area contributed by atoms with Crippen LogP contribution in [0, 0.1) is 0 Å². The van der Waals surface area contributed by atoms with Gasteiger partial charge in [0.05, 0.1) is 6.54 Å². The molecule has 1 heterocycles. The van der Waals surface area contributed by atoms with Crippen LogP contribution in [0.2, 0.25) is 0 Å². The maximum absolute atomic E-state index is 12.3. The Balaban J connectivity index is 2.01. The quantitative estimate of drug-likeness (QED) is 0.886. The summed E-state index contributed by atoms with van der Waals surface area (Å²) in [5.41, 5.74) is 1.37. The number of halogens is 3. The first-order valence-electron chi connectivity index (χ1n) is 6.68. The lowest BCUT2D eigenvalue weighted by Gasteiger charge is -2.22.